The standard InChI is InChI=1S/C19H14F4/c1-11-2-4-12(5-3-11)13-6-7-15(16(20)8-13)14-9-17(21)19(23)18(22)10-14/h2-4,6-10,12H,5H2,1H3. The Hall–Kier alpha value is -2.36. The summed E-state index contributed by atoms with van der Waals surface area (Å²) in [6.45, 7) is 1.99. The highest BCUT2D eigenvalue weighted by molar-refractivity contribution is 5.65. The molecule has 0 saturated carbocycles. The molecule has 1 aliphatic rings. The molecule has 1 aliphatic carbocycles. The third kappa shape index (κ3) is 3.07. The number of benzene rings is 2. The van der Waals surface area contributed by atoms with Gasteiger partial charge in [-0.1, -0.05) is 35.9 Å². The summed E-state index contributed by atoms with van der Waals surface area (Å²) in [5, 5.41) is 0. The SMILES string of the molecule is CC1=CCC(c2ccc(-c3cc(F)c(F)c(F)c3)c(F)c2)C=C1. The molecule has 0 N–H and O–H groups in total. The zero-order chi connectivity index (χ0) is 16.6. The molecule has 0 saturated heterocycles. The smallest absolute Gasteiger partial charge is 0.194 e. The molecule has 0 amide bonds. The van der Waals surface area contributed by atoms with Crippen LogP contribution in [0.4, 0.5) is 17.6 Å². The molecular weight excluding hydrogens is 304 g/mol. The van der Waals surface area contributed by atoms with Gasteiger partial charge in [0.05, 0.1) is 0 Å². The van der Waals surface area contributed by atoms with Crippen molar-refractivity contribution in [3.05, 3.63) is 83.0 Å². The van der Waals surface area contributed by atoms with Gasteiger partial charge in [0.15, 0.2) is 17.5 Å². The summed E-state index contributed by atoms with van der Waals surface area (Å²) in [7, 11) is 0. The maximum absolute atomic E-state index is 14.4. The predicted octanol–water partition coefficient (Wildman–Crippen LogP) is 5.90. The van der Waals surface area contributed by atoms with E-state index in [-0.39, 0.29) is 17.0 Å². The molecule has 0 heterocycles. The summed E-state index contributed by atoms with van der Waals surface area (Å²) < 4.78 is 54.0. The van der Waals surface area contributed by atoms with E-state index in [2.05, 4.69) is 6.08 Å². The number of hydrogen-bond donors (Lipinski definition) is 0. The summed E-state index contributed by atoms with van der Waals surface area (Å²) in [5.74, 6) is -4.74. The minimum Gasteiger partial charge on any atom is -0.206 e. The molecule has 0 bridgehead atoms. The summed E-state index contributed by atoms with van der Waals surface area (Å²) in [5.41, 5.74) is 1.96. The first-order valence-electron chi connectivity index (χ1n) is 7.25. The van der Waals surface area contributed by atoms with Crippen molar-refractivity contribution in [2.75, 3.05) is 0 Å². The number of rotatable bonds is 2. The molecule has 23 heavy (non-hydrogen) atoms. The molecule has 2 aromatic carbocycles. The van der Waals surface area contributed by atoms with Gasteiger partial charge in [-0.3, -0.25) is 0 Å². The second kappa shape index (κ2) is 6.03. The van der Waals surface area contributed by atoms with Crippen molar-refractivity contribution < 1.29 is 17.6 Å². The van der Waals surface area contributed by atoms with Crippen LogP contribution in [0.1, 0.15) is 24.8 Å². The molecule has 2 aromatic rings. The van der Waals surface area contributed by atoms with Crippen molar-refractivity contribution in [1.82, 2.24) is 0 Å². The van der Waals surface area contributed by atoms with Gasteiger partial charge in [-0.25, -0.2) is 17.6 Å². The fraction of sp³-hybridized carbons (Fsp3) is 0.158. The second-order valence-electron chi connectivity index (χ2n) is 5.64. The molecule has 0 radical (unpaired) electrons. The molecule has 118 valence electrons. The lowest BCUT2D eigenvalue weighted by Crippen LogP contribution is -2.00. The van der Waals surface area contributed by atoms with Crippen molar-refractivity contribution >= 4 is 0 Å². The summed E-state index contributed by atoms with van der Waals surface area (Å²) in [4.78, 5) is 0. The molecule has 0 nitrogen and oxygen atoms in total. The van der Waals surface area contributed by atoms with Gasteiger partial charge < -0.3 is 0 Å². The van der Waals surface area contributed by atoms with E-state index in [0.29, 0.717) is 0 Å². The van der Waals surface area contributed by atoms with Gasteiger partial charge in [-0.15, -0.1) is 0 Å². The summed E-state index contributed by atoms with van der Waals surface area (Å²) in [6, 6.07) is 6.14. The monoisotopic (exact) mass is 318 g/mol. The Morgan fingerprint density at radius 2 is 1.61 bits per heavy atom. The Bertz CT molecular complexity index is 795. The molecule has 0 aromatic heterocycles. The molecule has 3 rings (SSSR count). The van der Waals surface area contributed by atoms with Crippen LogP contribution in [0.2, 0.25) is 0 Å². The third-order valence-electron chi connectivity index (χ3n) is 4.00. The highest BCUT2D eigenvalue weighted by atomic mass is 19.2. The maximum Gasteiger partial charge on any atom is 0.194 e. The zero-order valence-corrected chi connectivity index (χ0v) is 12.4. The normalized spacial score (nSPS) is 17.3. The maximum atomic E-state index is 14.4. The largest absolute Gasteiger partial charge is 0.206 e. The van der Waals surface area contributed by atoms with Crippen molar-refractivity contribution in [2.24, 2.45) is 0 Å². The highest BCUT2D eigenvalue weighted by Crippen LogP contribution is 2.31. The van der Waals surface area contributed by atoms with Gasteiger partial charge in [0, 0.05) is 11.5 Å². The van der Waals surface area contributed by atoms with E-state index < -0.39 is 23.3 Å². The molecule has 0 aliphatic heterocycles. The Morgan fingerprint density at radius 3 is 2.17 bits per heavy atom. The topological polar surface area (TPSA) is 0 Å². The van der Waals surface area contributed by atoms with Crippen LogP contribution in [-0.2, 0) is 0 Å². The fourth-order valence-electron chi connectivity index (χ4n) is 2.68. The molecular formula is C19H14F4. The van der Waals surface area contributed by atoms with Crippen molar-refractivity contribution in [3.8, 4) is 11.1 Å². The lowest BCUT2D eigenvalue weighted by atomic mass is 9.89. The Kier molecular flexibility index (Phi) is 4.07. The minimum absolute atomic E-state index is 0.0274. The molecule has 0 fully saturated rings. The van der Waals surface area contributed by atoms with E-state index in [1.54, 1.807) is 6.07 Å². The van der Waals surface area contributed by atoms with E-state index in [1.165, 1.54) is 12.1 Å². The van der Waals surface area contributed by atoms with Crippen LogP contribution in [0.25, 0.3) is 11.1 Å². The predicted molar refractivity (Wildman–Crippen MR) is 82.0 cm³/mol. The van der Waals surface area contributed by atoms with Crippen molar-refractivity contribution in [3.63, 3.8) is 0 Å². The van der Waals surface area contributed by atoms with Crippen LogP contribution < -0.4 is 0 Å². The third-order valence-corrected chi connectivity index (χ3v) is 4.00. The van der Waals surface area contributed by atoms with Crippen LogP contribution >= 0.6 is 0 Å². The van der Waals surface area contributed by atoms with Gasteiger partial charge in [-0.2, -0.15) is 0 Å². The highest BCUT2D eigenvalue weighted by Gasteiger charge is 2.16. The minimum atomic E-state index is -1.56. The van der Waals surface area contributed by atoms with E-state index in [4.69, 9.17) is 0 Å². The Balaban J connectivity index is 1.96. The van der Waals surface area contributed by atoms with E-state index in [9.17, 15) is 17.6 Å². The Labute approximate surface area is 131 Å². The molecule has 1 unspecified atom stereocenters. The quantitative estimate of drug-likeness (QED) is 0.478. The van der Waals surface area contributed by atoms with Gasteiger partial charge in [0.25, 0.3) is 0 Å². The number of halogens is 4. The second-order valence-corrected chi connectivity index (χ2v) is 5.64. The number of hydrogen-bond acceptors (Lipinski definition) is 0. The van der Waals surface area contributed by atoms with Crippen molar-refractivity contribution in [1.29, 1.82) is 0 Å². The van der Waals surface area contributed by atoms with E-state index >= 15 is 0 Å². The lowest BCUT2D eigenvalue weighted by Gasteiger charge is -2.16. The van der Waals surface area contributed by atoms with Gasteiger partial charge in [-0.05, 0) is 42.7 Å². The first-order valence-corrected chi connectivity index (χ1v) is 7.25. The van der Waals surface area contributed by atoms with Crippen LogP contribution in [0, 0.1) is 23.3 Å². The summed E-state index contributed by atoms with van der Waals surface area (Å²) in [6.07, 6.45) is 6.83. The molecule has 4 heteroatoms. The lowest BCUT2D eigenvalue weighted by molar-refractivity contribution is 0.447. The van der Waals surface area contributed by atoms with Crippen LogP contribution in [0.5, 0.6) is 0 Å². The van der Waals surface area contributed by atoms with Crippen LogP contribution in [0.15, 0.2) is 54.1 Å². The Morgan fingerprint density at radius 1 is 0.913 bits per heavy atom. The van der Waals surface area contributed by atoms with Gasteiger partial charge in [0.1, 0.15) is 5.82 Å². The van der Waals surface area contributed by atoms with Gasteiger partial charge >= 0.3 is 0 Å². The van der Waals surface area contributed by atoms with Crippen LogP contribution in [-0.4, -0.2) is 0 Å². The fourth-order valence-corrected chi connectivity index (χ4v) is 2.68. The average molecular weight is 318 g/mol. The molecule has 0 spiro atoms. The van der Waals surface area contributed by atoms with Crippen molar-refractivity contribution in [2.45, 2.75) is 19.3 Å². The molecule has 1 atom stereocenters. The van der Waals surface area contributed by atoms with Crippen LogP contribution in [0.3, 0.4) is 0 Å². The average Bonchev–Trinajstić information content (AvgIpc) is 2.53. The summed E-state index contributed by atoms with van der Waals surface area (Å²) >= 11 is 0. The van der Waals surface area contributed by atoms with E-state index in [0.717, 1.165) is 29.7 Å². The van der Waals surface area contributed by atoms with Gasteiger partial charge in [0.2, 0.25) is 0 Å². The first-order chi connectivity index (χ1) is 11.0. The number of allylic oxidation sites excluding steroid dienone is 4. The first kappa shape index (κ1) is 15.5. The van der Waals surface area contributed by atoms with E-state index in [1.807, 2.05) is 19.1 Å². The zero-order valence-electron chi connectivity index (χ0n) is 12.4.